The quantitative estimate of drug-likeness (QED) is 0.362. The van der Waals surface area contributed by atoms with Crippen molar-refractivity contribution in [3.63, 3.8) is 0 Å². The van der Waals surface area contributed by atoms with Gasteiger partial charge >= 0.3 is 0 Å². The fraction of sp³-hybridized carbons (Fsp3) is 0.250. The highest BCUT2D eigenvalue weighted by atomic mass is 19.1. The minimum Gasteiger partial charge on any atom is -0.492 e. The first-order valence-electron chi connectivity index (χ1n) is 11.1. The van der Waals surface area contributed by atoms with Crippen LogP contribution in [0.3, 0.4) is 0 Å². The zero-order valence-electron chi connectivity index (χ0n) is 19.3. The molecule has 0 atom stereocenters. The topological polar surface area (TPSA) is 45.3 Å². The number of benzene rings is 3. The van der Waals surface area contributed by atoms with Crippen molar-refractivity contribution in [2.75, 3.05) is 13.2 Å². The number of carbonyl (C=O) groups excluding carboxylic acids is 1. The Kier molecular flexibility index (Phi) is 6.50. The smallest absolute Gasteiger partial charge is 0.256 e. The molecule has 0 saturated heterocycles. The Morgan fingerprint density at radius 1 is 1.00 bits per heavy atom. The number of carbonyl (C=O) groups is 1. The second-order valence-electron chi connectivity index (χ2n) is 9.23. The largest absolute Gasteiger partial charge is 0.492 e. The van der Waals surface area contributed by atoms with Crippen LogP contribution in [0.4, 0.5) is 4.39 Å². The highest BCUT2D eigenvalue weighted by Gasteiger charge is 2.20. The standard InChI is InChI=1S/C28H29FN2O2/c1-28(2,3)22-12-10-20(11-13-22)19-31(16-17-33-24-8-5-7-23(29)18-24)27(32)25-9-4-6-21-14-15-30-26(21)25/h4-15,18,30H,16-17,19H2,1-3H3. The first-order valence-corrected chi connectivity index (χ1v) is 11.1. The molecule has 33 heavy (non-hydrogen) atoms. The van der Waals surface area contributed by atoms with Crippen LogP contribution in [0.1, 0.15) is 42.3 Å². The zero-order valence-corrected chi connectivity index (χ0v) is 19.3. The molecule has 1 N–H and O–H groups in total. The second kappa shape index (κ2) is 9.49. The molecule has 0 aliphatic carbocycles. The van der Waals surface area contributed by atoms with E-state index in [9.17, 15) is 9.18 Å². The zero-order chi connectivity index (χ0) is 23.4. The van der Waals surface area contributed by atoms with Crippen molar-refractivity contribution in [2.24, 2.45) is 0 Å². The average Bonchev–Trinajstić information content (AvgIpc) is 3.27. The third kappa shape index (κ3) is 5.43. The molecule has 3 aromatic carbocycles. The van der Waals surface area contributed by atoms with E-state index in [1.165, 1.54) is 17.7 Å². The van der Waals surface area contributed by atoms with Crippen molar-refractivity contribution in [2.45, 2.75) is 32.7 Å². The number of aromatic amines is 1. The Morgan fingerprint density at radius 2 is 1.76 bits per heavy atom. The number of amides is 1. The summed E-state index contributed by atoms with van der Waals surface area (Å²) in [5.74, 6) is 0.0204. The first-order chi connectivity index (χ1) is 15.8. The summed E-state index contributed by atoms with van der Waals surface area (Å²) in [6, 6.07) is 22.1. The summed E-state index contributed by atoms with van der Waals surface area (Å²) in [6.45, 7) is 7.62. The van der Waals surface area contributed by atoms with Crippen LogP contribution in [0.2, 0.25) is 0 Å². The molecule has 0 spiro atoms. The summed E-state index contributed by atoms with van der Waals surface area (Å²) in [6.07, 6.45) is 1.84. The number of rotatable bonds is 7. The molecule has 0 aliphatic rings. The van der Waals surface area contributed by atoms with Gasteiger partial charge in [-0.15, -0.1) is 0 Å². The predicted octanol–water partition coefficient (Wildman–Crippen LogP) is 6.33. The number of nitrogens with zero attached hydrogens (tertiary/aromatic N) is 1. The van der Waals surface area contributed by atoms with Crippen molar-refractivity contribution in [3.8, 4) is 5.75 Å². The molecule has 4 rings (SSSR count). The molecule has 1 amide bonds. The number of H-pyrrole nitrogens is 1. The number of fused-ring (bicyclic) bond motifs is 1. The normalized spacial score (nSPS) is 11.5. The van der Waals surface area contributed by atoms with E-state index in [2.05, 4.69) is 50.0 Å². The molecule has 1 aromatic heterocycles. The molecular weight excluding hydrogens is 415 g/mol. The third-order valence-corrected chi connectivity index (χ3v) is 5.72. The van der Waals surface area contributed by atoms with Crippen LogP contribution in [0.15, 0.2) is 79.0 Å². The maximum absolute atomic E-state index is 13.6. The van der Waals surface area contributed by atoms with Gasteiger partial charge in [0, 0.05) is 24.2 Å². The summed E-state index contributed by atoms with van der Waals surface area (Å²) >= 11 is 0. The van der Waals surface area contributed by atoms with Gasteiger partial charge in [-0.1, -0.05) is 63.2 Å². The van der Waals surface area contributed by atoms with Crippen molar-refractivity contribution in [1.82, 2.24) is 9.88 Å². The lowest BCUT2D eigenvalue weighted by atomic mass is 9.87. The molecule has 0 fully saturated rings. The summed E-state index contributed by atoms with van der Waals surface area (Å²) in [4.78, 5) is 18.5. The highest BCUT2D eigenvalue weighted by molar-refractivity contribution is 6.05. The molecule has 170 valence electrons. The van der Waals surface area contributed by atoms with Gasteiger partial charge < -0.3 is 14.6 Å². The summed E-state index contributed by atoms with van der Waals surface area (Å²) < 4.78 is 19.2. The molecule has 0 bridgehead atoms. The van der Waals surface area contributed by atoms with E-state index in [-0.39, 0.29) is 23.7 Å². The maximum atomic E-state index is 13.6. The lowest BCUT2D eigenvalue weighted by Gasteiger charge is -2.24. The maximum Gasteiger partial charge on any atom is 0.256 e. The lowest BCUT2D eigenvalue weighted by Crippen LogP contribution is -2.34. The van der Waals surface area contributed by atoms with Crippen LogP contribution in [0, 0.1) is 5.82 Å². The van der Waals surface area contributed by atoms with Crippen LogP contribution in [-0.2, 0) is 12.0 Å². The molecule has 0 aliphatic heterocycles. The van der Waals surface area contributed by atoms with E-state index in [4.69, 9.17) is 4.74 Å². The van der Waals surface area contributed by atoms with Crippen LogP contribution < -0.4 is 4.74 Å². The minimum absolute atomic E-state index is 0.0656. The van der Waals surface area contributed by atoms with E-state index >= 15 is 0 Å². The van der Waals surface area contributed by atoms with Gasteiger partial charge in [-0.3, -0.25) is 4.79 Å². The predicted molar refractivity (Wildman–Crippen MR) is 130 cm³/mol. The number of hydrogen-bond donors (Lipinski definition) is 1. The van der Waals surface area contributed by atoms with Gasteiger partial charge in [0.1, 0.15) is 18.2 Å². The van der Waals surface area contributed by atoms with Crippen LogP contribution in [-0.4, -0.2) is 28.9 Å². The van der Waals surface area contributed by atoms with Gasteiger partial charge in [-0.25, -0.2) is 4.39 Å². The molecule has 5 heteroatoms. The number of halogens is 1. The van der Waals surface area contributed by atoms with Crippen molar-refractivity contribution >= 4 is 16.8 Å². The summed E-state index contributed by atoms with van der Waals surface area (Å²) in [5, 5.41) is 0.992. The Bertz CT molecular complexity index is 1240. The molecule has 0 unspecified atom stereocenters. The van der Waals surface area contributed by atoms with E-state index in [0.29, 0.717) is 24.4 Å². The number of aromatic nitrogens is 1. The monoisotopic (exact) mass is 444 g/mol. The van der Waals surface area contributed by atoms with E-state index in [1.54, 1.807) is 17.0 Å². The van der Waals surface area contributed by atoms with E-state index in [1.807, 2.05) is 30.5 Å². The SMILES string of the molecule is CC(C)(C)c1ccc(CN(CCOc2cccc(F)c2)C(=O)c2cccc3cc[nH]c23)cc1. The third-order valence-electron chi connectivity index (χ3n) is 5.72. The van der Waals surface area contributed by atoms with Crippen molar-refractivity contribution < 1.29 is 13.9 Å². The lowest BCUT2D eigenvalue weighted by molar-refractivity contribution is 0.0718. The van der Waals surface area contributed by atoms with Gasteiger partial charge in [-0.05, 0) is 40.8 Å². The molecule has 0 radical (unpaired) electrons. The Labute approximate surface area is 194 Å². The number of para-hydroxylation sites is 1. The average molecular weight is 445 g/mol. The molecule has 4 aromatic rings. The fourth-order valence-corrected chi connectivity index (χ4v) is 3.85. The number of nitrogens with one attached hydrogen (secondary N) is 1. The first kappa shape index (κ1) is 22.6. The van der Waals surface area contributed by atoms with Gasteiger partial charge in [0.25, 0.3) is 5.91 Å². The van der Waals surface area contributed by atoms with E-state index < -0.39 is 0 Å². The molecule has 4 nitrogen and oxygen atoms in total. The van der Waals surface area contributed by atoms with Crippen LogP contribution >= 0.6 is 0 Å². The van der Waals surface area contributed by atoms with Gasteiger partial charge in [0.05, 0.1) is 17.6 Å². The Hall–Kier alpha value is -3.60. The second-order valence-corrected chi connectivity index (χ2v) is 9.23. The summed E-state index contributed by atoms with van der Waals surface area (Å²) in [5.41, 5.74) is 3.79. The highest BCUT2D eigenvalue weighted by Crippen LogP contribution is 2.24. The molecule has 0 saturated carbocycles. The Morgan fingerprint density at radius 3 is 2.48 bits per heavy atom. The minimum atomic E-state index is -0.349. The summed E-state index contributed by atoms with van der Waals surface area (Å²) in [7, 11) is 0. The van der Waals surface area contributed by atoms with Gasteiger partial charge in [0.2, 0.25) is 0 Å². The Balaban J connectivity index is 1.55. The van der Waals surface area contributed by atoms with Crippen molar-refractivity contribution in [3.05, 3.63) is 102 Å². The number of ether oxygens (including phenoxy) is 1. The number of hydrogen-bond acceptors (Lipinski definition) is 2. The molecule has 1 heterocycles. The van der Waals surface area contributed by atoms with Gasteiger partial charge in [-0.2, -0.15) is 0 Å². The van der Waals surface area contributed by atoms with Crippen molar-refractivity contribution in [1.29, 1.82) is 0 Å². The van der Waals surface area contributed by atoms with Gasteiger partial charge in [0.15, 0.2) is 0 Å². The molecular formula is C28H29FN2O2. The van der Waals surface area contributed by atoms with E-state index in [0.717, 1.165) is 16.5 Å². The fourth-order valence-electron chi connectivity index (χ4n) is 3.85. The van der Waals surface area contributed by atoms with Crippen LogP contribution in [0.25, 0.3) is 10.9 Å². The van der Waals surface area contributed by atoms with Crippen LogP contribution in [0.5, 0.6) is 5.75 Å².